The van der Waals surface area contributed by atoms with Crippen LogP contribution in [-0.2, 0) is 10.0 Å². The minimum atomic E-state index is -3.66. The lowest BCUT2D eigenvalue weighted by Crippen LogP contribution is -2.47. The highest BCUT2D eigenvalue weighted by atomic mass is 79.9. The van der Waals surface area contributed by atoms with Gasteiger partial charge in [0.15, 0.2) is 0 Å². The first-order chi connectivity index (χ1) is 9.29. The van der Waals surface area contributed by atoms with Crippen molar-refractivity contribution in [2.75, 3.05) is 13.1 Å². The molecule has 1 atom stereocenters. The number of hydrogen-bond acceptors (Lipinski definition) is 3. The molecule has 1 heterocycles. The van der Waals surface area contributed by atoms with Crippen LogP contribution in [0, 0.1) is 5.82 Å². The summed E-state index contributed by atoms with van der Waals surface area (Å²) in [6.45, 7) is 0.498. The van der Waals surface area contributed by atoms with E-state index in [0.717, 1.165) is 6.07 Å². The van der Waals surface area contributed by atoms with Gasteiger partial charge in [0.05, 0.1) is 9.72 Å². The number of hydrogen-bond donors (Lipinski definition) is 1. The Labute approximate surface area is 125 Å². The van der Waals surface area contributed by atoms with Crippen LogP contribution < -0.4 is 5.14 Å². The van der Waals surface area contributed by atoms with E-state index in [-0.39, 0.29) is 22.5 Å². The molecule has 2 rings (SSSR count). The van der Waals surface area contributed by atoms with Crippen molar-refractivity contribution in [3.05, 3.63) is 34.1 Å². The van der Waals surface area contributed by atoms with Gasteiger partial charge >= 0.3 is 0 Å². The molecular formula is C12H14BrFN2O3S. The summed E-state index contributed by atoms with van der Waals surface area (Å²) in [6, 6.07) is 4.08. The Hall–Kier alpha value is -0.990. The van der Waals surface area contributed by atoms with E-state index >= 15 is 0 Å². The van der Waals surface area contributed by atoms with Gasteiger partial charge in [-0.1, -0.05) is 0 Å². The molecule has 1 amide bonds. The number of piperidine rings is 1. The average Bonchev–Trinajstić information content (AvgIpc) is 2.40. The van der Waals surface area contributed by atoms with Crippen molar-refractivity contribution >= 4 is 31.9 Å². The van der Waals surface area contributed by atoms with Gasteiger partial charge in [0.1, 0.15) is 5.82 Å². The number of rotatable bonds is 2. The maximum absolute atomic E-state index is 13.4. The molecular weight excluding hydrogens is 351 g/mol. The second-order valence-electron chi connectivity index (χ2n) is 4.73. The molecule has 0 aromatic heterocycles. The molecule has 1 aromatic rings. The number of carbonyl (C=O) groups is 1. The molecule has 0 bridgehead atoms. The van der Waals surface area contributed by atoms with E-state index in [1.54, 1.807) is 0 Å². The summed E-state index contributed by atoms with van der Waals surface area (Å²) >= 11 is 3.01. The van der Waals surface area contributed by atoms with Crippen LogP contribution in [0.3, 0.4) is 0 Å². The molecule has 20 heavy (non-hydrogen) atoms. The van der Waals surface area contributed by atoms with Gasteiger partial charge in [-0.25, -0.2) is 17.9 Å². The number of carbonyl (C=O) groups excluding carboxylic acids is 1. The molecule has 5 nitrogen and oxygen atoms in total. The molecule has 0 radical (unpaired) electrons. The maximum atomic E-state index is 13.4. The topological polar surface area (TPSA) is 80.5 Å². The largest absolute Gasteiger partial charge is 0.337 e. The number of nitrogens with zero attached hydrogens (tertiary/aromatic N) is 1. The number of likely N-dealkylation sites (tertiary alicyclic amines) is 1. The van der Waals surface area contributed by atoms with Crippen LogP contribution in [0.5, 0.6) is 0 Å². The molecule has 1 unspecified atom stereocenters. The zero-order valence-corrected chi connectivity index (χ0v) is 13.0. The Morgan fingerprint density at radius 2 is 2.15 bits per heavy atom. The Balaban J connectivity index is 2.18. The van der Waals surface area contributed by atoms with Gasteiger partial charge in [0.2, 0.25) is 10.0 Å². The molecule has 1 saturated heterocycles. The van der Waals surface area contributed by atoms with Gasteiger partial charge in [-0.2, -0.15) is 0 Å². The van der Waals surface area contributed by atoms with E-state index in [9.17, 15) is 17.6 Å². The zero-order valence-electron chi connectivity index (χ0n) is 10.6. The monoisotopic (exact) mass is 364 g/mol. The Bertz CT molecular complexity index is 636. The fourth-order valence-electron chi connectivity index (χ4n) is 2.20. The molecule has 1 fully saturated rings. The molecule has 0 saturated carbocycles. The fraction of sp³-hybridized carbons (Fsp3) is 0.417. The Morgan fingerprint density at radius 1 is 1.45 bits per heavy atom. The first-order valence-corrected chi connectivity index (χ1v) is 8.45. The van der Waals surface area contributed by atoms with E-state index in [1.165, 1.54) is 17.0 Å². The average molecular weight is 365 g/mol. The third kappa shape index (κ3) is 3.36. The number of halogens is 2. The molecule has 1 aliphatic rings. The molecule has 1 aromatic carbocycles. The van der Waals surface area contributed by atoms with Crippen molar-refractivity contribution in [3.63, 3.8) is 0 Å². The van der Waals surface area contributed by atoms with Gasteiger partial charge in [0, 0.05) is 18.7 Å². The lowest BCUT2D eigenvalue weighted by atomic mass is 10.1. The zero-order chi connectivity index (χ0) is 14.9. The lowest BCUT2D eigenvalue weighted by Gasteiger charge is -2.31. The standard InChI is InChI=1S/C12H14BrFN2O3S/c13-10-4-3-8(6-11(10)14)12(17)16-5-1-2-9(7-16)20(15,18)19/h3-4,6,9H,1-2,5,7H2,(H2,15,18,19). The fourth-order valence-corrected chi connectivity index (χ4v) is 3.33. The summed E-state index contributed by atoms with van der Waals surface area (Å²) < 4.78 is 36.4. The van der Waals surface area contributed by atoms with Crippen LogP contribution in [0.2, 0.25) is 0 Å². The summed E-state index contributed by atoms with van der Waals surface area (Å²) in [7, 11) is -3.66. The predicted octanol–water partition coefficient (Wildman–Crippen LogP) is 1.48. The van der Waals surface area contributed by atoms with Crippen molar-refractivity contribution in [3.8, 4) is 0 Å². The van der Waals surface area contributed by atoms with Crippen LogP contribution in [-0.4, -0.2) is 37.6 Å². The van der Waals surface area contributed by atoms with Crippen LogP contribution in [0.1, 0.15) is 23.2 Å². The van der Waals surface area contributed by atoms with Crippen LogP contribution >= 0.6 is 15.9 Å². The molecule has 2 N–H and O–H groups in total. The van der Waals surface area contributed by atoms with Crippen molar-refractivity contribution in [1.82, 2.24) is 4.90 Å². The molecule has 1 aliphatic heterocycles. The number of primary sulfonamides is 1. The Morgan fingerprint density at radius 3 is 2.75 bits per heavy atom. The summed E-state index contributed by atoms with van der Waals surface area (Å²) in [5.41, 5.74) is 0.195. The van der Waals surface area contributed by atoms with E-state index in [2.05, 4.69) is 15.9 Å². The third-order valence-corrected chi connectivity index (χ3v) is 5.25. The van der Waals surface area contributed by atoms with E-state index in [4.69, 9.17) is 5.14 Å². The van der Waals surface area contributed by atoms with E-state index < -0.39 is 21.1 Å². The molecule has 8 heteroatoms. The van der Waals surface area contributed by atoms with Gasteiger partial charge in [-0.15, -0.1) is 0 Å². The van der Waals surface area contributed by atoms with Crippen molar-refractivity contribution in [2.24, 2.45) is 5.14 Å². The molecule has 0 spiro atoms. The lowest BCUT2D eigenvalue weighted by molar-refractivity contribution is 0.0726. The summed E-state index contributed by atoms with van der Waals surface area (Å²) in [5.74, 6) is -0.916. The maximum Gasteiger partial charge on any atom is 0.253 e. The Kier molecular flexibility index (Phi) is 4.46. The van der Waals surface area contributed by atoms with E-state index in [0.29, 0.717) is 19.4 Å². The number of sulfonamides is 1. The quantitative estimate of drug-likeness (QED) is 0.862. The normalized spacial score (nSPS) is 19.9. The van der Waals surface area contributed by atoms with Gasteiger partial charge < -0.3 is 4.90 Å². The molecule has 110 valence electrons. The van der Waals surface area contributed by atoms with Crippen molar-refractivity contribution in [2.45, 2.75) is 18.1 Å². The summed E-state index contributed by atoms with van der Waals surface area (Å²) in [5, 5.41) is 4.37. The minimum Gasteiger partial charge on any atom is -0.337 e. The minimum absolute atomic E-state index is 0.0509. The van der Waals surface area contributed by atoms with E-state index in [1.807, 2.05) is 0 Å². The summed E-state index contributed by atoms with van der Waals surface area (Å²) in [4.78, 5) is 13.6. The number of nitrogens with two attached hydrogens (primary N) is 1. The molecule has 0 aliphatic carbocycles. The van der Waals surface area contributed by atoms with Gasteiger partial charge in [-0.3, -0.25) is 4.79 Å². The summed E-state index contributed by atoms with van der Waals surface area (Å²) in [6.07, 6.45) is 1.00. The highest BCUT2D eigenvalue weighted by Crippen LogP contribution is 2.20. The third-order valence-electron chi connectivity index (χ3n) is 3.30. The highest BCUT2D eigenvalue weighted by molar-refractivity contribution is 9.10. The second kappa shape index (κ2) is 5.79. The SMILES string of the molecule is NS(=O)(=O)C1CCCN(C(=O)c2ccc(Br)c(F)c2)C1. The van der Waals surface area contributed by atoms with Crippen LogP contribution in [0.15, 0.2) is 22.7 Å². The number of amides is 1. The second-order valence-corrected chi connectivity index (χ2v) is 7.43. The van der Waals surface area contributed by atoms with Crippen molar-refractivity contribution in [1.29, 1.82) is 0 Å². The first kappa shape index (κ1) is 15.4. The van der Waals surface area contributed by atoms with Gasteiger partial charge in [-0.05, 0) is 47.0 Å². The van der Waals surface area contributed by atoms with Crippen molar-refractivity contribution < 1.29 is 17.6 Å². The number of benzene rings is 1. The van der Waals surface area contributed by atoms with Crippen LogP contribution in [0.25, 0.3) is 0 Å². The van der Waals surface area contributed by atoms with Gasteiger partial charge in [0.25, 0.3) is 5.91 Å². The van der Waals surface area contributed by atoms with Crippen LogP contribution in [0.4, 0.5) is 4.39 Å². The highest BCUT2D eigenvalue weighted by Gasteiger charge is 2.30. The first-order valence-electron chi connectivity index (χ1n) is 6.05. The smallest absolute Gasteiger partial charge is 0.253 e. The predicted molar refractivity (Wildman–Crippen MR) is 76.1 cm³/mol.